The van der Waals surface area contributed by atoms with Gasteiger partial charge in [0.25, 0.3) is 0 Å². The molecule has 4 heteroatoms. The number of benzene rings is 1. The second-order valence-corrected chi connectivity index (χ2v) is 5.96. The zero-order chi connectivity index (χ0) is 14.8. The predicted octanol–water partition coefficient (Wildman–Crippen LogP) is 2.33. The molecule has 1 atom stereocenters. The van der Waals surface area contributed by atoms with E-state index < -0.39 is 18.0 Å². The summed E-state index contributed by atoms with van der Waals surface area (Å²) in [4.78, 5) is 11.5. The van der Waals surface area contributed by atoms with E-state index in [1.165, 1.54) is 14.0 Å². The van der Waals surface area contributed by atoms with Gasteiger partial charge < -0.3 is 14.9 Å². The monoisotopic (exact) mass is 266 g/mol. The van der Waals surface area contributed by atoms with E-state index in [2.05, 4.69) is 20.8 Å². The van der Waals surface area contributed by atoms with E-state index in [0.717, 1.165) is 5.56 Å². The number of aliphatic carboxylic acids is 1. The number of carboxylic acids is 1. The molecule has 0 fully saturated rings. The minimum Gasteiger partial charge on any atom is -0.496 e. The summed E-state index contributed by atoms with van der Waals surface area (Å²) in [6.07, 6.45) is 0. The van der Waals surface area contributed by atoms with Crippen LogP contribution >= 0.6 is 0 Å². The molecule has 0 saturated heterocycles. The van der Waals surface area contributed by atoms with Gasteiger partial charge in [-0.25, -0.2) is 0 Å². The van der Waals surface area contributed by atoms with Crippen molar-refractivity contribution in [3.63, 3.8) is 0 Å². The lowest BCUT2D eigenvalue weighted by molar-refractivity contribution is -0.144. The molecule has 1 rings (SSSR count). The molecule has 1 unspecified atom stereocenters. The summed E-state index contributed by atoms with van der Waals surface area (Å²) in [5.74, 6) is -0.591. The highest BCUT2D eigenvalue weighted by molar-refractivity contribution is 5.82. The van der Waals surface area contributed by atoms with Crippen LogP contribution < -0.4 is 4.74 Å². The van der Waals surface area contributed by atoms with E-state index in [-0.39, 0.29) is 5.41 Å². The van der Waals surface area contributed by atoms with E-state index in [1.54, 1.807) is 6.07 Å². The molecule has 0 amide bonds. The minimum absolute atomic E-state index is 0.101. The van der Waals surface area contributed by atoms with Gasteiger partial charge in [0.2, 0.25) is 0 Å². The standard InChI is InChI=1S/C15H22O4/c1-14(2,3)10-6-7-12(19-5)11(8-10)15(4,9-16)13(17)18/h6-8,16H,9H2,1-5H3,(H,17,18). The minimum atomic E-state index is -1.37. The molecule has 1 aromatic carbocycles. The number of hydrogen-bond acceptors (Lipinski definition) is 3. The number of carboxylic acid groups (broad SMARTS) is 1. The van der Waals surface area contributed by atoms with Crippen molar-refractivity contribution in [1.29, 1.82) is 0 Å². The topological polar surface area (TPSA) is 66.8 Å². The summed E-state index contributed by atoms with van der Waals surface area (Å²) >= 11 is 0. The van der Waals surface area contributed by atoms with Gasteiger partial charge in [0, 0.05) is 5.56 Å². The highest BCUT2D eigenvalue weighted by Gasteiger charge is 2.38. The lowest BCUT2D eigenvalue weighted by Gasteiger charge is -2.28. The fourth-order valence-electron chi connectivity index (χ4n) is 1.87. The summed E-state index contributed by atoms with van der Waals surface area (Å²) in [6, 6.07) is 5.48. The second kappa shape index (κ2) is 5.21. The van der Waals surface area contributed by atoms with Crippen LogP contribution in [0.5, 0.6) is 5.75 Å². The largest absolute Gasteiger partial charge is 0.496 e. The van der Waals surface area contributed by atoms with Crippen molar-refractivity contribution in [3.8, 4) is 5.75 Å². The van der Waals surface area contributed by atoms with Crippen LogP contribution in [0.25, 0.3) is 0 Å². The quantitative estimate of drug-likeness (QED) is 0.877. The number of aliphatic hydroxyl groups is 1. The molecular formula is C15H22O4. The normalized spacial score (nSPS) is 14.8. The van der Waals surface area contributed by atoms with E-state index in [0.29, 0.717) is 11.3 Å². The van der Waals surface area contributed by atoms with Gasteiger partial charge in [0.05, 0.1) is 13.7 Å². The lowest BCUT2D eigenvalue weighted by Crippen LogP contribution is -2.37. The highest BCUT2D eigenvalue weighted by atomic mass is 16.5. The summed E-state index contributed by atoms with van der Waals surface area (Å²) in [5.41, 5.74) is 0.0318. The first-order valence-electron chi connectivity index (χ1n) is 6.20. The van der Waals surface area contributed by atoms with Crippen LogP contribution in [0.1, 0.15) is 38.8 Å². The van der Waals surface area contributed by atoms with E-state index in [9.17, 15) is 15.0 Å². The fraction of sp³-hybridized carbons (Fsp3) is 0.533. The molecule has 106 valence electrons. The van der Waals surface area contributed by atoms with Crippen LogP contribution in [0, 0.1) is 0 Å². The Labute approximate surface area is 114 Å². The van der Waals surface area contributed by atoms with Crippen LogP contribution in [0.2, 0.25) is 0 Å². The molecule has 2 N–H and O–H groups in total. The second-order valence-electron chi connectivity index (χ2n) is 5.96. The third kappa shape index (κ3) is 2.89. The third-order valence-electron chi connectivity index (χ3n) is 3.45. The van der Waals surface area contributed by atoms with Crippen molar-refractivity contribution in [2.45, 2.75) is 38.5 Å². The van der Waals surface area contributed by atoms with Crippen LogP contribution in [-0.4, -0.2) is 29.9 Å². The number of ether oxygens (including phenoxy) is 1. The molecule has 0 aromatic heterocycles. The molecule has 0 bridgehead atoms. The van der Waals surface area contributed by atoms with Crippen LogP contribution in [0.4, 0.5) is 0 Å². The number of hydrogen-bond donors (Lipinski definition) is 2. The smallest absolute Gasteiger partial charge is 0.316 e. The van der Waals surface area contributed by atoms with Crippen LogP contribution in [0.3, 0.4) is 0 Å². The molecule has 0 radical (unpaired) electrons. The number of aliphatic hydroxyl groups excluding tert-OH is 1. The van der Waals surface area contributed by atoms with Crippen LogP contribution in [-0.2, 0) is 15.6 Å². The average Bonchev–Trinajstić information content (AvgIpc) is 2.35. The zero-order valence-electron chi connectivity index (χ0n) is 12.2. The molecule has 0 heterocycles. The maximum Gasteiger partial charge on any atom is 0.316 e. The lowest BCUT2D eigenvalue weighted by atomic mass is 9.78. The van der Waals surface area contributed by atoms with Gasteiger partial charge in [-0.15, -0.1) is 0 Å². The van der Waals surface area contributed by atoms with Gasteiger partial charge in [-0.3, -0.25) is 4.79 Å². The highest BCUT2D eigenvalue weighted by Crippen LogP contribution is 2.35. The Balaban J connectivity index is 3.51. The third-order valence-corrected chi connectivity index (χ3v) is 3.45. The van der Waals surface area contributed by atoms with E-state index >= 15 is 0 Å². The van der Waals surface area contributed by atoms with Crippen molar-refractivity contribution in [2.24, 2.45) is 0 Å². The van der Waals surface area contributed by atoms with Gasteiger partial charge in [-0.05, 0) is 24.0 Å². The summed E-state index contributed by atoms with van der Waals surface area (Å²) in [5, 5.41) is 18.9. The summed E-state index contributed by atoms with van der Waals surface area (Å²) in [7, 11) is 1.50. The molecule has 19 heavy (non-hydrogen) atoms. The Bertz CT molecular complexity index is 474. The predicted molar refractivity (Wildman–Crippen MR) is 73.8 cm³/mol. The first-order valence-corrected chi connectivity index (χ1v) is 6.20. The Hall–Kier alpha value is -1.55. The van der Waals surface area contributed by atoms with Gasteiger partial charge in [-0.2, -0.15) is 0 Å². The van der Waals surface area contributed by atoms with E-state index in [1.807, 2.05) is 12.1 Å². The first kappa shape index (κ1) is 15.5. The van der Waals surface area contributed by atoms with E-state index in [4.69, 9.17) is 4.74 Å². The number of carbonyl (C=O) groups is 1. The first-order chi connectivity index (χ1) is 8.66. The Kier molecular flexibility index (Phi) is 4.25. The molecule has 4 nitrogen and oxygen atoms in total. The Morgan fingerprint density at radius 1 is 1.26 bits per heavy atom. The SMILES string of the molecule is COc1ccc(C(C)(C)C)cc1C(C)(CO)C(=O)O. The Morgan fingerprint density at radius 2 is 1.84 bits per heavy atom. The maximum atomic E-state index is 11.5. The fourth-order valence-corrected chi connectivity index (χ4v) is 1.87. The van der Waals surface area contributed by atoms with Gasteiger partial charge in [0.15, 0.2) is 0 Å². The van der Waals surface area contributed by atoms with Crippen molar-refractivity contribution < 1.29 is 19.7 Å². The number of methoxy groups -OCH3 is 1. The van der Waals surface area contributed by atoms with Crippen molar-refractivity contribution >= 4 is 5.97 Å². The van der Waals surface area contributed by atoms with Crippen molar-refractivity contribution in [1.82, 2.24) is 0 Å². The zero-order valence-corrected chi connectivity index (χ0v) is 12.2. The Morgan fingerprint density at radius 3 is 2.21 bits per heavy atom. The molecule has 0 aliphatic rings. The average molecular weight is 266 g/mol. The molecule has 0 aliphatic carbocycles. The van der Waals surface area contributed by atoms with Crippen molar-refractivity contribution in [2.75, 3.05) is 13.7 Å². The van der Waals surface area contributed by atoms with Crippen molar-refractivity contribution in [3.05, 3.63) is 29.3 Å². The van der Waals surface area contributed by atoms with Gasteiger partial charge in [-0.1, -0.05) is 32.9 Å². The number of rotatable bonds is 4. The summed E-state index contributed by atoms with van der Waals surface area (Å²) < 4.78 is 5.24. The summed E-state index contributed by atoms with van der Waals surface area (Å²) in [6.45, 7) is 7.17. The molecular weight excluding hydrogens is 244 g/mol. The van der Waals surface area contributed by atoms with Gasteiger partial charge in [0.1, 0.15) is 11.2 Å². The molecule has 0 saturated carbocycles. The maximum absolute atomic E-state index is 11.5. The molecule has 0 aliphatic heterocycles. The van der Waals surface area contributed by atoms with Crippen LogP contribution in [0.15, 0.2) is 18.2 Å². The van der Waals surface area contributed by atoms with Gasteiger partial charge >= 0.3 is 5.97 Å². The molecule has 0 spiro atoms. The molecule has 1 aromatic rings.